The van der Waals surface area contributed by atoms with Gasteiger partial charge in [0.25, 0.3) is 0 Å². The first-order valence-electron chi connectivity index (χ1n) is 9.83. The van der Waals surface area contributed by atoms with Gasteiger partial charge in [-0.15, -0.1) is 0 Å². The van der Waals surface area contributed by atoms with E-state index in [4.69, 9.17) is 11.6 Å². The minimum Gasteiger partial charge on any atom is -0.334 e. The van der Waals surface area contributed by atoms with E-state index in [9.17, 15) is 14.0 Å². The lowest BCUT2D eigenvalue weighted by atomic mass is 9.87. The smallest absolute Gasteiger partial charge is 0.313 e. The van der Waals surface area contributed by atoms with Crippen molar-refractivity contribution < 1.29 is 14.0 Å². The number of benzene rings is 2. The van der Waals surface area contributed by atoms with Crippen molar-refractivity contribution in [2.75, 3.05) is 18.4 Å². The quantitative estimate of drug-likeness (QED) is 0.606. The number of nitrogens with zero attached hydrogens (tertiary/aromatic N) is 2. The number of nitrogens with one attached hydrogen (secondary N) is 1. The number of aromatic nitrogens is 1. The number of amides is 2. The number of fused-ring (bicyclic) bond motifs is 1. The monoisotopic (exact) mass is 425 g/mol. The second-order valence-corrected chi connectivity index (χ2v) is 7.98. The normalized spacial score (nSPS) is 14.7. The van der Waals surface area contributed by atoms with Crippen LogP contribution in [0.1, 0.15) is 29.9 Å². The lowest BCUT2D eigenvalue weighted by molar-refractivity contribution is -0.143. The predicted molar refractivity (Wildman–Crippen MR) is 115 cm³/mol. The molecule has 1 N–H and O–H groups in total. The van der Waals surface area contributed by atoms with Crippen molar-refractivity contribution in [3.05, 3.63) is 70.6 Å². The van der Waals surface area contributed by atoms with Crippen molar-refractivity contribution in [3.8, 4) is 0 Å². The predicted octanol–water partition coefficient (Wildman–Crippen LogP) is 4.68. The number of halogens is 2. The molecule has 5 nitrogen and oxygen atoms in total. The van der Waals surface area contributed by atoms with Gasteiger partial charge in [-0.25, -0.2) is 4.39 Å². The second-order valence-electron chi connectivity index (χ2n) is 7.55. The van der Waals surface area contributed by atoms with Gasteiger partial charge in [0.2, 0.25) is 0 Å². The lowest BCUT2D eigenvalue weighted by Crippen LogP contribution is -2.43. The molecule has 1 fully saturated rings. The van der Waals surface area contributed by atoms with Gasteiger partial charge in [-0.05, 0) is 79.3 Å². The molecule has 0 saturated carbocycles. The summed E-state index contributed by atoms with van der Waals surface area (Å²) in [6.45, 7) is 2.79. The Morgan fingerprint density at radius 2 is 1.83 bits per heavy atom. The van der Waals surface area contributed by atoms with E-state index in [0.29, 0.717) is 36.6 Å². The maximum absolute atomic E-state index is 14.0. The summed E-state index contributed by atoms with van der Waals surface area (Å²) in [7, 11) is 0. The third-order valence-corrected chi connectivity index (χ3v) is 5.80. The fraction of sp³-hybridized carbons (Fsp3) is 0.261. The molecular formula is C23H21ClFN3O2. The zero-order valence-corrected chi connectivity index (χ0v) is 17.2. The van der Waals surface area contributed by atoms with Gasteiger partial charge >= 0.3 is 11.8 Å². The number of rotatable bonds is 2. The molecule has 1 aliphatic heterocycles. The largest absolute Gasteiger partial charge is 0.334 e. The Bertz CT molecular complexity index is 1110. The summed E-state index contributed by atoms with van der Waals surface area (Å²) in [6.07, 6.45) is 3.16. The number of anilines is 1. The molecule has 7 heteroatoms. The number of hydrogen-bond acceptors (Lipinski definition) is 3. The molecule has 3 aromatic rings. The minimum atomic E-state index is -0.664. The van der Waals surface area contributed by atoms with Crippen LogP contribution >= 0.6 is 11.6 Å². The Morgan fingerprint density at radius 3 is 2.53 bits per heavy atom. The molecule has 0 atom stereocenters. The molecule has 1 aromatic heterocycles. The van der Waals surface area contributed by atoms with Crippen LogP contribution in [0.2, 0.25) is 5.02 Å². The molecule has 0 spiro atoms. The van der Waals surface area contributed by atoms with Crippen LogP contribution in [-0.4, -0.2) is 34.8 Å². The Labute approximate surface area is 178 Å². The first kappa shape index (κ1) is 20.3. The number of piperidine rings is 1. The number of pyridine rings is 1. The number of carbonyl (C=O) groups excluding carboxylic acids is 2. The molecular weight excluding hydrogens is 405 g/mol. The molecule has 0 bridgehead atoms. The summed E-state index contributed by atoms with van der Waals surface area (Å²) in [4.78, 5) is 30.8. The summed E-state index contributed by atoms with van der Waals surface area (Å²) in [5.74, 6) is -1.31. The van der Waals surface area contributed by atoms with E-state index in [1.807, 2.05) is 13.0 Å². The minimum absolute atomic E-state index is 0.181. The van der Waals surface area contributed by atoms with Crippen molar-refractivity contribution in [2.24, 2.45) is 0 Å². The molecule has 0 aliphatic carbocycles. The first-order valence-corrected chi connectivity index (χ1v) is 10.2. The highest BCUT2D eigenvalue weighted by molar-refractivity contribution is 6.39. The zero-order valence-electron chi connectivity index (χ0n) is 16.5. The fourth-order valence-electron chi connectivity index (χ4n) is 4.02. The third-order valence-electron chi connectivity index (χ3n) is 5.55. The van der Waals surface area contributed by atoms with Crippen LogP contribution in [0.15, 0.2) is 48.7 Å². The second kappa shape index (κ2) is 8.40. The van der Waals surface area contributed by atoms with Crippen molar-refractivity contribution >= 4 is 40.0 Å². The van der Waals surface area contributed by atoms with E-state index in [0.717, 1.165) is 22.0 Å². The SMILES string of the molecule is Cc1cc(F)cc2c(C3CCN(C(=O)C(=O)Nc4ccc(Cl)cc4)CC3)ccnc12. The van der Waals surface area contributed by atoms with E-state index in [-0.39, 0.29) is 11.7 Å². The molecule has 154 valence electrons. The Balaban J connectivity index is 1.44. The van der Waals surface area contributed by atoms with Gasteiger partial charge in [-0.3, -0.25) is 14.6 Å². The fourth-order valence-corrected chi connectivity index (χ4v) is 4.15. The summed E-state index contributed by atoms with van der Waals surface area (Å²) in [5, 5.41) is 3.98. The summed E-state index contributed by atoms with van der Waals surface area (Å²) < 4.78 is 14.0. The van der Waals surface area contributed by atoms with E-state index in [1.54, 1.807) is 35.4 Å². The molecule has 1 aliphatic rings. The Morgan fingerprint density at radius 1 is 1.13 bits per heavy atom. The van der Waals surface area contributed by atoms with Crippen molar-refractivity contribution in [3.63, 3.8) is 0 Å². The lowest BCUT2D eigenvalue weighted by Gasteiger charge is -2.32. The number of hydrogen-bond donors (Lipinski definition) is 1. The van der Waals surface area contributed by atoms with Crippen LogP contribution in [0.5, 0.6) is 0 Å². The van der Waals surface area contributed by atoms with E-state index in [1.165, 1.54) is 12.1 Å². The molecule has 1 saturated heterocycles. The maximum atomic E-state index is 14.0. The van der Waals surface area contributed by atoms with Crippen molar-refractivity contribution in [1.29, 1.82) is 0 Å². The first-order chi connectivity index (χ1) is 14.4. The van der Waals surface area contributed by atoms with E-state index >= 15 is 0 Å². The van der Waals surface area contributed by atoms with E-state index in [2.05, 4.69) is 10.3 Å². The molecule has 4 rings (SSSR count). The highest BCUT2D eigenvalue weighted by Crippen LogP contribution is 2.33. The Hall–Kier alpha value is -2.99. The highest BCUT2D eigenvalue weighted by Gasteiger charge is 2.28. The number of aryl methyl sites for hydroxylation is 1. The van der Waals surface area contributed by atoms with Gasteiger partial charge in [0, 0.05) is 35.4 Å². The zero-order chi connectivity index (χ0) is 21.3. The van der Waals surface area contributed by atoms with Gasteiger partial charge in [0.05, 0.1) is 5.52 Å². The average molecular weight is 426 g/mol. The van der Waals surface area contributed by atoms with Crippen LogP contribution in [0.3, 0.4) is 0 Å². The van der Waals surface area contributed by atoms with Crippen molar-refractivity contribution in [2.45, 2.75) is 25.7 Å². The van der Waals surface area contributed by atoms with Crippen LogP contribution in [-0.2, 0) is 9.59 Å². The van der Waals surface area contributed by atoms with Gasteiger partial charge in [-0.2, -0.15) is 0 Å². The maximum Gasteiger partial charge on any atom is 0.313 e. The van der Waals surface area contributed by atoms with Crippen molar-refractivity contribution in [1.82, 2.24) is 9.88 Å². The molecule has 2 amide bonds. The summed E-state index contributed by atoms with van der Waals surface area (Å²) in [5.41, 5.74) is 3.17. The molecule has 2 aromatic carbocycles. The topological polar surface area (TPSA) is 62.3 Å². The van der Waals surface area contributed by atoms with Crippen LogP contribution in [0.25, 0.3) is 10.9 Å². The van der Waals surface area contributed by atoms with Crippen LogP contribution in [0.4, 0.5) is 10.1 Å². The van der Waals surface area contributed by atoms with Gasteiger partial charge in [0.1, 0.15) is 5.82 Å². The standard InChI is InChI=1S/C23H21ClFN3O2/c1-14-12-17(25)13-20-19(6-9-26-21(14)20)15-7-10-28(11-8-15)23(30)22(29)27-18-4-2-16(24)3-5-18/h2-6,9,12-13,15H,7-8,10-11H2,1H3,(H,27,29). The molecule has 30 heavy (non-hydrogen) atoms. The van der Waals surface area contributed by atoms with Gasteiger partial charge in [-0.1, -0.05) is 11.6 Å². The molecule has 0 radical (unpaired) electrons. The Kier molecular flexibility index (Phi) is 5.68. The number of carbonyl (C=O) groups is 2. The van der Waals surface area contributed by atoms with E-state index < -0.39 is 11.8 Å². The summed E-state index contributed by atoms with van der Waals surface area (Å²) >= 11 is 5.84. The average Bonchev–Trinajstić information content (AvgIpc) is 2.74. The highest BCUT2D eigenvalue weighted by atomic mass is 35.5. The van der Waals surface area contributed by atoms with Crippen LogP contribution < -0.4 is 5.32 Å². The van der Waals surface area contributed by atoms with Gasteiger partial charge < -0.3 is 10.2 Å². The van der Waals surface area contributed by atoms with Crippen LogP contribution in [0, 0.1) is 12.7 Å². The summed E-state index contributed by atoms with van der Waals surface area (Å²) in [6, 6.07) is 11.5. The molecule has 2 heterocycles. The van der Waals surface area contributed by atoms with Gasteiger partial charge in [0.15, 0.2) is 0 Å². The third kappa shape index (κ3) is 4.14. The molecule has 0 unspecified atom stereocenters. The number of likely N-dealkylation sites (tertiary alicyclic amines) is 1.